The van der Waals surface area contributed by atoms with Crippen molar-refractivity contribution in [2.24, 2.45) is 0 Å². The Labute approximate surface area is 146 Å². The van der Waals surface area contributed by atoms with Gasteiger partial charge in [-0.2, -0.15) is 0 Å². The highest BCUT2D eigenvalue weighted by atomic mass is 19.1. The van der Waals surface area contributed by atoms with Crippen LogP contribution in [0.1, 0.15) is 32.1 Å². The topological polar surface area (TPSA) is 51.4 Å². The van der Waals surface area contributed by atoms with Crippen molar-refractivity contribution >= 4 is 0 Å². The zero-order chi connectivity index (χ0) is 17.3. The van der Waals surface area contributed by atoms with Gasteiger partial charge in [0.15, 0.2) is 0 Å². The van der Waals surface area contributed by atoms with E-state index < -0.39 is 0 Å². The molecule has 0 unspecified atom stereocenters. The van der Waals surface area contributed by atoms with Gasteiger partial charge >= 0.3 is 0 Å². The molecule has 4 rings (SSSR count). The molecule has 1 saturated heterocycles. The van der Waals surface area contributed by atoms with Gasteiger partial charge in [0.2, 0.25) is 11.8 Å². The first-order valence-corrected chi connectivity index (χ1v) is 8.75. The Morgan fingerprint density at radius 1 is 1.24 bits per heavy atom. The normalized spacial score (nSPS) is 20.6. The van der Waals surface area contributed by atoms with Gasteiger partial charge in [0.05, 0.1) is 18.8 Å². The predicted octanol–water partition coefficient (Wildman–Crippen LogP) is 3.58. The Morgan fingerprint density at radius 3 is 2.84 bits per heavy atom. The quantitative estimate of drug-likeness (QED) is 0.798. The Bertz CT molecular complexity index is 778. The van der Waals surface area contributed by atoms with Crippen LogP contribution in [0.2, 0.25) is 0 Å². The maximum atomic E-state index is 13.3. The predicted molar refractivity (Wildman–Crippen MR) is 91.3 cm³/mol. The highest BCUT2D eigenvalue weighted by Gasteiger charge is 2.35. The van der Waals surface area contributed by atoms with Crippen molar-refractivity contribution < 1.29 is 13.5 Å². The molecule has 2 aliphatic heterocycles. The molecule has 2 aliphatic rings. The van der Waals surface area contributed by atoms with E-state index >= 15 is 0 Å². The number of benzene rings is 1. The van der Waals surface area contributed by atoms with Crippen molar-refractivity contribution in [3.05, 3.63) is 47.6 Å². The van der Waals surface area contributed by atoms with Gasteiger partial charge in [0.1, 0.15) is 5.82 Å². The number of rotatable bonds is 3. The summed E-state index contributed by atoms with van der Waals surface area (Å²) in [5, 5.41) is 8.15. The average Bonchev–Trinajstić information content (AvgIpc) is 3.06. The molecule has 6 heteroatoms. The summed E-state index contributed by atoms with van der Waals surface area (Å²) in [5.74, 6) is 0.609. The van der Waals surface area contributed by atoms with E-state index in [0.29, 0.717) is 23.9 Å². The fourth-order valence-electron chi connectivity index (χ4n) is 3.60. The minimum Gasteiger partial charge on any atom is -0.419 e. The fourth-order valence-corrected chi connectivity index (χ4v) is 3.60. The Morgan fingerprint density at radius 2 is 2.08 bits per heavy atom. The van der Waals surface area contributed by atoms with Crippen molar-refractivity contribution in [1.29, 1.82) is 0 Å². The third kappa shape index (κ3) is 3.65. The monoisotopic (exact) mass is 343 g/mol. The van der Waals surface area contributed by atoms with Crippen molar-refractivity contribution in [2.75, 3.05) is 19.7 Å². The van der Waals surface area contributed by atoms with Gasteiger partial charge in [-0.1, -0.05) is 17.7 Å². The molecule has 1 spiro atoms. The highest BCUT2D eigenvalue weighted by molar-refractivity contribution is 5.52. The summed E-state index contributed by atoms with van der Waals surface area (Å²) in [6.45, 7) is 5.48. The SMILES string of the molecule is CC1=CC2(CCN(Cc3nnc(-c4cccc(F)c4)o3)CC2)OCC1. The first-order valence-electron chi connectivity index (χ1n) is 8.75. The molecule has 0 N–H and O–H groups in total. The van der Waals surface area contributed by atoms with E-state index in [1.54, 1.807) is 12.1 Å². The lowest BCUT2D eigenvalue weighted by molar-refractivity contribution is -0.0585. The van der Waals surface area contributed by atoms with Gasteiger partial charge in [-0.25, -0.2) is 4.39 Å². The molecule has 0 atom stereocenters. The van der Waals surface area contributed by atoms with E-state index in [2.05, 4.69) is 28.1 Å². The molecular formula is C19H22FN3O2. The summed E-state index contributed by atoms with van der Waals surface area (Å²) in [6.07, 6.45) is 5.31. The van der Waals surface area contributed by atoms with E-state index in [1.807, 2.05) is 0 Å². The van der Waals surface area contributed by atoms with Crippen LogP contribution < -0.4 is 0 Å². The second kappa shape index (κ2) is 6.69. The maximum absolute atomic E-state index is 13.3. The van der Waals surface area contributed by atoms with Gasteiger partial charge in [-0.05, 0) is 44.4 Å². The Balaban J connectivity index is 1.39. The summed E-state index contributed by atoms with van der Waals surface area (Å²) in [6, 6.07) is 6.20. The van der Waals surface area contributed by atoms with Crippen LogP contribution in [0.4, 0.5) is 4.39 Å². The number of nitrogens with zero attached hydrogens (tertiary/aromatic N) is 3. The first kappa shape index (κ1) is 16.4. The number of hydrogen-bond acceptors (Lipinski definition) is 5. The van der Waals surface area contributed by atoms with E-state index in [1.165, 1.54) is 17.7 Å². The van der Waals surface area contributed by atoms with E-state index in [4.69, 9.17) is 9.15 Å². The van der Waals surface area contributed by atoms with Crippen molar-refractivity contribution in [3.8, 4) is 11.5 Å². The van der Waals surface area contributed by atoms with E-state index in [-0.39, 0.29) is 11.4 Å². The summed E-state index contributed by atoms with van der Waals surface area (Å²) in [7, 11) is 0. The van der Waals surface area contributed by atoms with Crippen LogP contribution in [0, 0.1) is 5.82 Å². The van der Waals surface area contributed by atoms with Crippen LogP contribution in [0.5, 0.6) is 0 Å². The lowest BCUT2D eigenvalue weighted by Crippen LogP contribution is -2.46. The van der Waals surface area contributed by atoms with Gasteiger partial charge < -0.3 is 9.15 Å². The zero-order valence-corrected chi connectivity index (χ0v) is 14.4. The molecule has 5 nitrogen and oxygen atoms in total. The molecular weight excluding hydrogens is 321 g/mol. The van der Waals surface area contributed by atoms with Crippen molar-refractivity contribution in [3.63, 3.8) is 0 Å². The summed E-state index contributed by atoms with van der Waals surface area (Å²) < 4.78 is 25.1. The lowest BCUT2D eigenvalue weighted by atomic mass is 9.87. The van der Waals surface area contributed by atoms with Gasteiger partial charge in [0, 0.05) is 18.7 Å². The summed E-state index contributed by atoms with van der Waals surface area (Å²) in [5.41, 5.74) is 1.95. The number of piperidine rings is 1. The molecule has 0 amide bonds. The number of likely N-dealkylation sites (tertiary alicyclic amines) is 1. The second-order valence-electron chi connectivity index (χ2n) is 6.94. The number of hydrogen-bond donors (Lipinski definition) is 0. The third-order valence-corrected chi connectivity index (χ3v) is 5.00. The van der Waals surface area contributed by atoms with Gasteiger partial charge in [-0.3, -0.25) is 4.90 Å². The fraction of sp³-hybridized carbons (Fsp3) is 0.474. The van der Waals surface area contributed by atoms with Crippen LogP contribution in [0.25, 0.3) is 11.5 Å². The molecule has 1 aromatic carbocycles. The minimum atomic E-state index is -0.311. The van der Waals surface area contributed by atoms with E-state index in [9.17, 15) is 4.39 Å². The smallest absolute Gasteiger partial charge is 0.247 e. The molecule has 0 aliphatic carbocycles. The molecule has 2 aromatic rings. The first-order chi connectivity index (χ1) is 12.1. The average molecular weight is 343 g/mol. The van der Waals surface area contributed by atoms with Crippen LogP contribution in [-0.2, 0) is 11.3 Å². The molecule has 0 radical (unpaired) electrons. The minimum absolute atomic E-state index is 0.0829. The molecule has 1 aromatic heterocycles. The molecule has 1 fully saturated rings. The molecule has 0 bridgehead atoms. The number of ether oxygens (including phenoxy) is 1. The maximum Gasteiger partial charge on any atom is 0.247 e. The standard InChI is InChI=1S/C19H22FN3O2/c1-14-5-10-24-19(12-14)6-8-23(9-7-19)13-17-21-22-18(25-17)15-3-2-4-16(20)11-15/h2-4,11-12H,5-10,13H2,1H3. The van der Waals surface area contributed by atoms with Gasteiger partial charge in [-0.15, -0.1) is 10.2 Å². The van der Waals surface area contributed by atoms with E-state index in [0.717, 1.165) is 39.0 Å². The molecule has 132 valence electrons. The lowest BCUT2D eigenvalue weighted by Gasteiger charge is -2.41. The molecule has 3 heterocycles. The van der Waals surface area contributed by atoms with Crippen LogP contribution in [0.3, 0.4) is 0 Å². The summed E-state index contributed by atoms with van der Waals surface area (Å²) >= 11 is 0. The largest absolute Gasteiger partial charge is 0.419 e. The molecule has 0 saturated carbocycles. The van der Waals surface area contributed by atoms with Crippen LogP contribution in [-0.4, -0.2) is 40.4 Å². The second-order valence-corrected chi connectivity index (χ2v) is 6.94. The zero-order valence-electron chi connectivity index (χ0n) is 14.4. The Kier molecular flexibility index (Phi) is 4.39. The van der Waals surface area contributed by atoms with Crippen LogP contribution in [0.15, 0.2) is 40.3 Å². The summed E-state index contributed by atoms with van der Waals surface area (Å²) in [4.78, 5) is 2.30. The van der Waals surface area contributed by atoms with Gasteiger partial charge in [0.25, 0.3) is 0 Å². The Hall–Kier alpha value is -2.05. The van der Waals surface area contributed by atoms with Crippen molar-refractivity contribution in [1.82, 2.24) is 15.1 Å². The highest BCUT2D eigenvalue weighted by Crippen LogP contribution is 2.33. The van der Waals surface area contributed by atoms with Crippen LogP contribution >= 0.6 is 0 Å². The number of halogens is 1. The number of aromatic nitrogens is 2. The molecule has 25 heavy (non-hydrogen) atoms. The van der Waals surface area contributed by atoms with Crippen molar-refractivity contribution in [2.45, 2.75) is 38.3 Å². The third-order valence-electron chi connectivity index (χ3n) is 5.00.